The lowest BCUT2D eigenvalue weighted by Gasteiger charge is -2.26. The molecule has 0 aromatic carbocycles. The van der Waals surface area contributed by atoms with Crippen LogP contribution in [0.15, 0.2) is 0 Å². The third kappa shape index (κ3) is 8.39. The minimum Gasteiger partial charge on any atom is -0.395 e. The van der Waals surface area contributed by atoms with Crippen molar-refractivity contribution < 1.29 is 18.7 Å². The molecule has 0 heterocycles. The van der Waals surface area contributed by atoms with Crippen molar-refractivity contribution in [1.29, 1.82) is 0 Å². The second-order valence-electron chi connectivity index (χ2n) is 6.03. The Hall–Kier alpha value is -0.710. The zero-order chi connectivity index (χ0) is 14.3. The summed E-state index contributed by atoms with van der Waals surface area (Å²) in [5, 5.41) is 8.78. The lowest BCUT2D eigenvalue weighted by molar-refractivity contribution is -0.134. The third-order valence-electron chi connectivity index (χ3n) is 2.56. The monoisotopic (exact) mass is 265 g/mol. The first-order valence-electron chi connectivity index (χ1n) is 6.32. The molecule has 0 aliphatic rings. The highest BCUT2D eigenvalue weighted by Crippen LogP contribution is 2.26. The second-order valence-corrected chi connectivity index (χ2v) is 6.03. The summed E-state index contributed by atoms with van der Waals surface area (Å²) in [5.74, 6) is -0.155. The molecule has 0 radical (unpaired) electrons. The zero-order valence-electron chi connectivity index (χ0n) is 11.7. The number of hydrogen-bond donors (Lipinski definition) is 1. The molecule has 5 heteroatoms. The van der Waals surface area contributed by atoms with Crippen LogP contribution in [0.3, 0.4) is 0 Å². The van der Waals surface area contributed by atoms with Gasteiger partial charge in [-0.15, -0.1) is 0 Å². The molecule has 0 fully saturated rings. The molecule has 0 saturated carbocycles. The number of nitrogens with zero attached hydrogens (tertiary/aromatic N) is 1. The van der Waals surface area contributed by atoms with Crippen molar-refractivity contribution in [2.75, 3.05) is 19.7 Å². The van der Waals surface area contributed by atoms with Crippen molar-refractivity contribution in [1.82, 2.24) is 4.90 Å². The number of hydrogen-bond acceptors (Lipinski definition) is 2. The van der Waals surface area contributed by atoms with Gasteiger partial charge in [0.05, 0.1) is 13.2 Å². The lowest BCUT2D eigenvalue weighted by atomic mass is 9.84. The van der Waals surface area contributed by atoms with Crippen molar-refractivity contribution in [3.8, 4) is 0 Å². The Balaban J connectivity index is 4.32. The van der Waals surface area contributed by atoms with Crippen LogP contribution in [0.5, 0.6) is 0 Å². The van der Waals surface area contributed by atoms with Crippen LogP contribution in [0, 0.1) is 11.3 Å². The van der Waals surface area contributed by atoms with Gasteiger partial charge in [-0.05, 0) is 17.8 Å². The predicted molar refractivity (Wildman–Crippen MR) is 67.5 cm³/mol. The van der Waals surface area contributed by atoms with Crippen molar-refractivity contribution in [2.24, 2.45) is 11.3 Å². The normalized spacial score (nSPS) is 13.8. The van der Waals surface area contributed by atoms with Gasteiger partial charge in [0.25, 0.3) is 6.43 Å². The molecular formula is C13H25F2NO2. The summed E-state index contributed by atoms with van der Waals surface area (Å²) in [6.45, 7) is 7.29. The molecule has 0 aliphatic carbocycles. The highest BCUT2D eigenvalue weighted by atomic mass is 19.3. The molecule has 0 aromatic rings. The van der Waals surface area contributed by atoms with E-state index in [2.05, 4.69) is 20.8 Å². The van der Waals surface area contributed by atoms with Gasteiger partial charge in [0.1, 0.15) is 0 Å². The Kier molecular flexibility index (Phi) is 7.36. The Labute approximate surface area is 108 Å². The molecule has 1 N–H and O–H groups in total. The molecule has 0 saturated heterocycles. The van der Waals surface area contributed by atoms with Crippen LogP contribution in [0.4, 0.5) is 8.78 Å². The molecular weight excluding hydrogens is 240 g/mol. The van der Waals surface area contributed by atoms with Gasteiger partial charge in [0.15, 0.2) is 0 Å². The van der Waals surface area contributed by atoms with E-state index in [1.54, 1.807) is 0 Å². The fourth-order valence-corrected chi connectivity index (χ4v) is 2.15. The summed E-state index contributed by atoms with van der Waals surface area (Å²) in [5.41, 5.74) is 0.115. The van der Waals surface area contributed by atoms with Gasteiger partial charge in [-0.2, -0.15) is 0 Å². The Morgan fingerprint density at radius 2 is 1.89 bits per heavy atom. The fourth-order valence-electron chi connectivity index (χ4n) is 2.15. The number of carbonyl (C=O) groups excluding carboxylic acids is 1. The predicted octanol–water partition coefficient (Wildman–Crippen LogP) is 2.53. The molecule has 0 rings (SSSR count). The van der Waals surface area contributed by atoms with Crippen molar-refractivity contribution in [3.63, 3.8) is 0 Å². The van der Waals surface area contributed by atoms with E-state index in [0.29, 0.717) is 0 Å². The average molecular weight is 265 g/mol. The number of aliphatic hydroxyl groups is 1. The quantitative estimate of drug-likeness (QED) is 0.768. The first kappa shape index (κ1) is 17.3. The topological polar surface area (TPSA) is 40.5 Å². The maximum Gasteiger partial charge on any atom is 0.255 e. The molecule has 3 nitrogen and oxygen atoms in total. The van der Waals surface area contributed by atoms with Gasteiger partial charge < -0.3 is 10.0 Å². The lowest BCUT2D eigenvalue weighted by Crippen LogP contribution is -2.38. The molecule has 0 aromatic heterocycles. The number of aliphatic hydroxyl groups excluding tert-OH is 1. The van der Waals surface area contributed by atoms with Crippen molar-refractivity contribution in [2.45, 2.75) is 47.0 Å². The number of halogens is 2. The second kappa shape index (κ2) is 7.67. The van der Waals surface area contributed by atoms with Crippen LogP contribution >= 0.6 is 0 Å². The van der Waals surface area contributed by atoms with E-state index >= 15 is 0 Å². The van der Waals surface area contributed by atoms with Crippen LogP contribution in [-0.4, -0.2) is 42.0 Å². The van der Waals surface area contributed by atoms with Crippen LogP contribution < -0.4 is 0 Å². The average Bonchev–Trinajstić information content (AvgIpc) is 2.12. The largest absolute Gasteiger partial charge is 0.395 e. The number of amides is 1. The van der Waals surface area contributed by atoms with Crippen LogP contribution in [0.2, 0.25) is 0 Å². The van der Waals surface area contributed by atoms with Crippen LogP contribution in [0.1, 0.15) is 40.5 Å². The summed E-state index contributed by atoms with van der Waals surface area (Å²) in [6, 6.07) is 0. The Bertz CT molecular complexity index is 252. The summed E-state index contributed by atoms with van der Waals surface area (Å²) >= 11 is 0. The van der Waals surface area contributed by atoms with Gasteiger partial charge in [0, 0.05) is 13.0 Å². The molecule has 18 heavy (non-hydrogen) atoms. The molecule has 0 aliphatic heterocycles. The van der Waals surface area contributed by atoms with E-state index < -0.39 is 13.0 Å². The highest BCUT2D eigenvalue weighted by molar-refractivity contribution is 5.76. The Morgan fingerprint density at radius 3 is 2.28 bits per heavy atom. The summed E-state index contributed by atoms with van der Waals surface area (Å²) in [6.07, 6.45) is -1.44. The maximum absolute atomic E-state index is 12.3. The molecule has 1 unspecified atom stereocenters. The Morgan fingerprint density at radius 1 is 1.33 bits per heavy atom. The van der Waals surface area contributed by atoms with E-state index in [0.717, 1.165) is 11.3 Å². The van der Waals surface area contributed by atoms with Gasteiger partial charge in [-0.3, -0.25) is 4.79 Å². The zero-order valence-corrected chi connectivity index (χ0v) is 11.7. The SMILES string of the molecule is CC(CC(=O)N(CCO)CC(F)F)CC(C)(C)C. The number of rotatable bonds is 7. The summed E-state index contributed by atoms with van der Waals surface area (Å²) in [7, 11) is 0. The molecule has 1 amide bonds. The van der Waals surface area contributed by atoms with Gasteiger partial charge >= 0.3 is 0 Å². The third-order valence-corrected chi connectivity index (χ3v) is 2.56. The molecule has 0 bridgehead atoms. The van der Waals surface area contributed by atoms with Crippen LogP contribution in [-0.2, 0) is 4.79 Å². The van der Waals surface area contributed by atoms with Gasteiger partial charge in [-0.1, -0.05) is 27.7 Å². The minimum absolute atomic E-state index is 0.0224. The maximum atomic E-state index is 12.3. The first-order valence-corrected chi connectivity index (χ1v) is 6.32. The number of carbonyl (C=O) groups is 1. The van der Waals surface area contributed by atoms with Crippen molar-refractivity contribution >= 4 is 5.91 Å². The fraction of sp³-hybridized carbons (Fsp3) is 0.923. The molecule has 0 spiro atoms. The molecule has 108 valence electrons. The minimum atomic E-state index is -2.56. The first-order chi connectivity index (χ1) is 8.15. The summed E-state index contributed by atoms with van der Waals surface area (Å²) in [4.78, 5) is 12.9. The number of alkyl halides is 2. The highest BCUT2D eigenvalue weighted by Gasteiger charge is 2.22. The molecule has 1 atom stereocenters. The van der Waals surface area contributed by atoms with Gasteiger partial charge in [-0.25, -0.2) is 8.78 Å². The van der Waals surface area contributed by atoms with E-state index in [9.17, 15) is 13.6 Å². The van der Waals surface area contributed by atoms with E-state index in [4.69, 9.17) is 5.11 Å². The standard InChI is InChI=1S/C13H25F2NO2/c1-10(8-13(2,3)4)7-12(18)16(5-6-17)9-11(14)15/h10-11,17H,5-9H2,1-4H3. The van der Waals surface area contributed by atoms with E-state index in [-0.39, 0.29) is 36.8 Å². The van der Waals surface area contributed by atoms with Gasteiger partial charge in [0.2, 0.25) is 5.91 Å². The summed E-state index contributed by atoms with van der Waals surface area (Å²) < 4.78 is 24.6. The van der Waals surface area contributed by atoms with Crippen molar-refractivity contribution in [3.05, 3.63) is 0 Å². The van der Waals surface area contributed by atoms with E-state index in [1.807, 2.05) is 6.92 Å². The van der Waals surface area contributed by atoms with E-state index in [1.165, 1.54) is 0 Å². The van der Waals surface area contributed by atoms with Crippen LogP contribution in [0.25, 0.3) is 0 Å². The smallest absolute Gasteiger partial charge is 0.255 e.